The number of fused-ring (bicyclic) bond motifs is 1. The molecule has 5 N–H and O–H groups in total. The summed E-state index contributed by atoms with van der Waals surface area (Å²) < 4.78 is 0. The first-order valence-electron chi connectivity index (χ1n) is 11.1. The predicted molar refractivity (Wildman–Crippen MR) is 120 cm³/mol. The van der Waals surface area contributed by atoms with E-state index in [1.165, 1.54) is 24.3 Å². The summed E-state index contributed by atoms with van der Waals surface area (Å²) in [5, 5.41) is 26.8. The fraction of sp³-hybridized carbons (Fsp3) is 0.409. The minimum absolute atomic E-state index is 0.0145. The predicted octanol–water partition coefficient (Wildman–Crippen LogP) is -0.438. The lowest BCUT2D eigenvalue weighted by molar-refractivity contribution is -0.176. The van der Waals surface area contributed by atoms with Crippen molar-refractivity contribution < 1.29 is 43.8 Å². The molecule has 0 unspecified atom stereocenters. The van der Waals surface area contributed by atoms with Crippen molar-refractivity contribution >= 4 is 47.7 Å². The molecule has 14 heteroatoms. The molecule has 0 radical (unpaired) electrons. The number of rotatable bonds is 8. The molecule has 192 valence electrons. The highest BCUT2D eigenvalue weighted by Gasteiger charge is 2.44. The van der Waals surface area contributed by atoms with Crippen LogP contribution in [0.15, 0.2) is 24.3 Å². The van der Waals surface area contributed by atoms with Gasteiger partial charge in [-0.1, -0.05) is 0 Å². The smallest absolute Gasteiger partial charge is 0.409 e. The molecular weight excluding hydrogens is 478 g/mol. The number of anilines is 1. The molecule has 2 saturated heterocycles. The van der Waals surface area contributed by atoms with Crippen LogP contribution in [0.1, 0.15) is 42.5 Å². The second-order valence-corrected chi connectivity index (χ2v) is 8.28. The Balaban J connectivity index is 1.77. The number of nitrogens with zero attached hydrogens (tertiary/aromatic N) is 2. The molecule has 0 spiro atoms. The van der Waals surface area contributed by atoms with Gasteiger partial charge in [-0.2, -0.15) is 0 Å². The highest BCUT2D eigenvalue weighted by Crippen LogP contribution is 2.25. The summed E-state index contributed by atoms with van der Waals surface area (Å²) in [4.78, 5) is 84.6. The highest BCUT2D eigenvalue weighted by atomic mass is 16.4. The van der Waals surface area contributed by atoms with E-state index in [2.05, 4.69) is 16.0 Å². The number of carbonyl (C=O) groups is 7. The normalized spacial score (nSPS) is 20.4. The SMILES string of the molecule is O=C[C@H](CC(=O)O)NC(=O)[C@@H]1CCCN2C(=O)CC[C@H](NC(=O)c3ccc(NC(=O)O)cc3)C(=O)N12. The number of hydrazine groups is 1. The molecule has 2 heterocycles. The molecular formula is C22H25N5O9. The summed E-state index contributed by atoms with van der Waals surface area (Å²) in [6, 6.07) is 1.83. The van der Waals surface area contributed by atoms with Crippen LogP contribution in [0.25, 0.3) is 0 Å². The monoisotopic (exact) mass is 503 g/mol. The summed E-state index contributed by atoms with van der Waals surface area (Å²) in [7, 11) is 0. The number of amides is 5. The molecule has 5 amide bonds. The molecule has 0 aromatic heterocycles. The largest absolute Gasteiger partial charge is 0.481 e. The van der Waals surface area contributed by atoms with E-state index < -0.39 is 60.2 Å². The molecule has 14 nitrogen and oxygen atoms in total. The van der Waals surface area contributed by atoms with Gasteiger partial charge in [-0.3, -0.25) is 34.3 Å². The molecule has 3 atom stereocenters. The number of nitrogens with one attached hydrogen (secondary N) is 3. The fourth-order valence-corrected chi connectivity index (χ4v) is 4.08. The average molecular weight is 503 g/mol. The van der Waals surface area contributed by atoms with Gasteiger partial charge in [0.05, 0.1) is 12.5 Å². The zero-order chi connectivity index (χ0) is 26.4. The lowest BCUT2D eigenvalue weighted by atomic mass is 10.0. The van der Waals surface area contributed by atoms with Gasteiger partial charge in [-0.15, -0.1) is 0 Å². The Labute approximate surface area is 204 Å². The second kappa shape index (κ2) is 11.3. The Morgan fingerprint density at radius 3 is 2.39 bits per heavy atom. The van der Waals surface area contributed by atoms with E-state index in [0.717, 1.165) is 10.0 Å². The van der Waals surface area contributed by atoms with Crippen molar-refractivity contribution in [1.29, 1.82) is 0 Å². The van der Waals surface area contributed by atoms with Crippen molar-refractivity contribution in [2.24, 2.45) is 0 Å². The molecule has 0 aliphatic carbocycles. The Bertz CT molecular complexity index is 1070. The molecule has 36 heavy (non-hydrogen) atoms. The highest BCUT2D eigenvalue weighted by molar-refractivity contribution is 6.00. The summed E-state index contributed by atoms with van der Waals surface area (Å²) in [5.41, 5.74) is 0.381. The Kier molecular flexibility index (Phi) is 8.19. The van der Waals surface area contributed by atoms with Crippen molar-refractivity contribution in [2.45, 2.75) is 50.2 Å². The topological polar surface area (TPSA) is 203 Å². The fourth-order valence-electron chi connectivity index (χ4n) is 4.08. The van der Waals surface area contributed by atoms with Gasteiger partial charge in [-0.25, -0.2) is 9.80 Å². The number of carboxylic acids is 1. The van der Waals surface area contributed by atoms with Crippen molar-refractivity contribution in [3.63, 3.8) is 0 Å². The molecule has 0 saturated carbocycles. The summed E-state index contributed by atoms with van der Waals surface area (Å²) in [5.74, 6) is -3.84. The standard InChI is InChI=1S/C22H25N5O9/c28-11-14(10-18(30)31)23-20(33)16-2-1-9-26-17(29)8-7-15(21(34)27(16)26)25-19(32)12-3-5-13(6-4-12)24-22(35)36/h3-6,11,14-16,24H,1-2,7-10H2,(H,23,33)(H,25,32)(H,30,31)(H,35,36)/t14-,15-,16-/m0/s1. The van der Waals surface area contributed by atoms with Crippen molar-refractivity contribution in [3.8, 4) is 0 Å². The van der Waals surface area contributed by atoms with Crippen LogP contribution in [0.5, 0.6) is 0 Å². The van der Waals surface area contributed by atoms with Crippen LogP contribution >= 0.6 is 0 Å². The quantitative estimate of drug-likeness (QED) is 0.291. The lowest BCUT2D eigenvalue weighted by Gasteiger charge is -2.43. The average Bonchev–Trinajstić information content (AvgIpc) is 2.95. The van der Waals surface area contributed by atoms with Crippen molar-refractivity contribution in [2.75, 3.05) is 11.9 Å². The van der Waals surface area contributed by atoms with Gasteiger partial charge < -0.3 is 25.6 Å². The summed E-state index contributed by atoms with van der Waals surface area (Å²) in [6.07, 6.45) is -1.16. The van der Waals surface area contributed by atoms with Crippen LogP contribution in [-0.4, -0.2) is 86.9 Å². The van der Waals surface area contributed by atoms with E-state index >= 15 is 0 Å². The van der Waals surface area contributed by atoms with Crippen LogP contribution in [0, 0.1) is 0 Å². The Hall–Kier alpha value is -4.49. The first kappa shape index (κ1) is 26.1. The molecule has 1 aromatic carbocycles. The van der Waals surface area contributed by atoms with Gasteiger partial charge in [0.1, 0.15) is 18.4 Å². The zero-order valence-corrected chi connectivity index (χ0v) is 19.0. The number of aldehydes is 1. The van der Waals surface area contributed by atoms with Crippen LogP contribution in [0.2, 0.25) is 0 Å². The molecule has 1 aromatic rings. The van der Waals surface area contributed by atoms with Gasteiger partial charge in [0.15, 0.2) is 0 Å². The van der Waals surface area contributed by atoms with Crippen molar-refractivity contribution in [1.82, 2.24) is 20.7 Å². The Morgan fingerprint density at radius 2 is 1.78 bits per heavy atom. The van der Waals surface area contributed by atoms with Gasteiger partial charge in [0.2, 0.25) is 11.8 Å². The number of aliphatic carboxylic acids is 1. The van der Waals surface area contributed by atoms with E-state index in [0.29, 0.717) is 6.42 Å². The van der Waals surface area contributed by atoms with Gasteiger partial charge in [0.25, 0.3) is 11.8 Å². The van der Waals surface area contributed by atoms with Crippen LogP contribution in [-0.2, 0) is 24.0 Å². The molecule has 3 rings (SSSR count). The second-order valence-electron chi connectivity index (χ2n) is 8.28. The maximum atomic E-state index is 13.4. The summed E-state index contributed by atoms with van der Waals surface area (Å²) >= 11 is 0. The minimum atomic E-state index is -1.31. The summed E-state index contributed by atoms with van der Waals surface area (Å²) in [6.45, 7) is 0.180. The van der Waals surface area contributed by atoms with E-state index in [9.17, 15) is 33.6 Å². The third kappa shape index (κ3) is 6.14. The van der Waals surface area contributed by atoms with Crippen LogP contribution in [0.4, 0.5) is 10.5 Å². The van der Waals surface area contributed by atoms with Gasteiger partial charge >= 0.3 is 12.1 Å². The van der Waals surface area contributed by atoms with Crippen LogP contribution in [0.3, 0.4) is 0 Å². The number of hydrogen-bond acceptors (Lipinski definition) is 7. The lowest BCUT2D eigenvalue weighted by Crippen LogP contribution is -2.64. The maximum Gasteiger partial charge on any atom is 0.409 e. The number of benzene rings is 1. The third-order valence-electron chi connectivity index (χ3n) is 5.75. The van der Waals surface area contributed by atoms with E-state index in [4.69, 9.17) is 10.2 Å². The zero-order valence-electron chi connectivity index (χ0n) is 19.0. The molecule has 2 fully saturated rings. The molecule has 2 aliphatic heterocycles. The van der Waals surface area contributed by atoms with Gasteiger partial charge in [-0.05, 0) is 43.5 Å². The minimum Gasteiger partial charge on any atom is -0.481 e. The van der Waals surface area contributed by atoms with Crippen molar-refractivity contribution in [3.05, 3.63) is 29.8 Å². The van der Waals surface area contributed by atoms with E-state index in [-0.39, 0.29) is 43.3 Å². The molecule has 0 bridgehead atoms. The van der Waals surface area contributed by atoms with Gasteiger partial charge in [0, 0.05) is 24.2 Å². The van der Waals surface area contributed by atoms with E-state index in [1.807, 2.05) is 0 Å². The maximum absolute atomic E-state index is 13.4. The first-order valence-corrected chi connectivity index (χ1v) is 11.1. The third-order valence-corrected chi connectivity index (χ3v) is 5.75. The number of carboxylic acid groups (broad SMARTS) is 2. The number of hydrogen-bond donors (Lipinski definition) is 5. The first-order chi connectivity index (χ1) is 17.1. The number of carbonyl (C=O) groups excluding carboxylic acids is 5. The van der Waals surface area contributed by atoms with Crippen LogP contribution < -0.4 is 16.0 Å². The van der Waals surface area contributed by atoms with E-state index in [1.54, 1.807) is 0 Å². The Morgan fingerprint density at radius 1 is 1.08 bits per heavy atom. The molecule has 2 aliphatic rings.